The molecule has 0 aliphatic carbocycles. The number of anilines is 1. The van der Waals surface area contributed by atoms with Gasteiger partial charge in [0, 0.05) is 3.57 Å². The van der Waals surface area contributed by atoms with Crippen molar-refractivity contribution >= 4 is 28.3 Å². The van der Waals surface area contributed by atoms with Crippen molar-refractivity contribution in [1.82, 2.24) is 0 Å². The number of nitrogens with two attached hydrogens (primary N) is 1. The lowest BCUT2D eigenvalue weighted by molar-refractivity contribution is 0.629. The molecule has 0 atom stereocenters. The van der Waals surface area contributed by atoms with Gasteiger partial charge in [0.05, 0.1) is 5.69 Å². The topological polar surface area (TPSA) is 38.0 Å². The van der Waals surface area contributed by atoms with E-state index in [1.54, 1.807) is 12.1 Å². The monoisotopic (exact) mass is 252 g/mol. The normalized spacial score (nSPS) is 9.50. The van der Waals surface area contributed by atoms with E-state index in [4.69, 9.17) is 5.84 Å². The van der Waals surface area contributed by atoms with Crippen LogP contribution < -0.4 is 11.3 Å². The van der Waals surface area contributed by atoms with E-state index >= 15 is 0 Å². The summed E-state index contributed by atoms with van der Waals surface area (Å²) in [5.74, 6) is 4.68. The maximum atomic E-state index is 12.7. The second kappa shape index (κ2) is 3.16. The molecule has 0 unspecified atom stereocenters. The average molecular weight is 252 g/mol. The molecule has 3 N–H and O–H groups in total. The smallest absolute Gasteiger partial charge is 0.148 e. The van der Waals surface area contributed by atoms with Gasteiger partial charge in [-0.3, -0.25) is 5.84 Å². The van der Waals surface area contributed by atoms with E-state index in [1.165, 1.54) is 6.07 Å². The predicted molar refractivity (Wildman–Crippen MR) is 46.9 cm³/mol. The van der Waals surface area contributed by atoms with Crippen LogP contribution in [0.2, 0.25) is 0 Å². The summed E-state index contributed by atoms with van der Waals surface area (Å²) in [6, 6.07) is 4.78. The zero-order chi connectivity index (χ0) is 7.56. The minimum absolute atomic E-state index is 0.320. The Kier molecular flexibility index (Phi) is 2.44. The Morgan fingerprint density at radius 2 is 2.20 bits per heavy atom. The number of hydrazine groups is 1. The molecule has 4 heteroatoms. The van der Waals surface area contributed by atoms with Gasteiger partial charge in [-0.2, -0.15) is 0 Å². The zero-order valence-corrected chi connectivity index (χ0v) is 7.22. The third-order valence-electron chi connectivity index (χ3n) is 1.09. The van der Waals surface area contributed by atoms with Crippen molar-refractivity contribution in [3.8, 4) is 0 Å². The highest BCUT2D eigenvalue weighted by molar-refractivity contribution is 14.1. The summed E-state index contributed by atoms with van der Waals surface area (Å²) in [6.07, 6.45) is 0. The highest BCUT2D eigenvalue weighted by Gasteiger charge is 1.98. The summed E-state index contributed by atoms with van der Waals surface area (Å²) in [6.45, 7) is 0. The number of nitrogens with one attached hydrogen (secondary N) is 1. The first-order valence-corrected chi connectivity index (χ1v) is 3.73. The van der Waals surface area contributed by atoms with Gasteiger partial charge in [-0.1, -0.05) is 0 Å². The number of benzene rings is 1. The highest BCUT2D eigenvalue weighted by Crippen LogP contribution is 2.15. The van der Waals surface area contributed by atoms with Crippen molar-refractivity contribution < 1.29 is 4.39 Å². The lowest BCUT2D eigenvalue weighted by atomic mass is 10.3. The van der Waals surface area contributed by atoms with Crippen LogP contribution >= 0.6 is 22.6 Å². The van der Waals surface area contributed by atoms with Gasteiger partial charge in [0.1, 0.15) is 5.82 Å². The second-order valence-electron chi connectivity index (χ2n) is 1.77. The zero-order valence-electron chi connectivity index (χ0n) is 5.07. The quantitative estimate of drug-likeness (QED) is 0.453. The van der Waals surface area contributed by atoms with Crippen molar-refractivity contribution in [1.29, 1.82) is 0 Å². The number of nitrogen functional groups attached to an aromatic ring is 1. The van der Waals surface area contributed by atoms with Crippen LogP contribution in [0.3, 0.4) is 0 Å². The lowest BCUT2D eigenvalue weighted by Gasteiger charge is -2.00. The maximum absolute atomic E-state index is 12.7. The van der Waals surface area contributed by atoms with E-state index in [0.717, 1.165) is 3.57 Å². The minimum atomic E-state index is -0.325. The van der Waals surface area contributed by atoms with Crippen LogP contribution in [-0.4, -0.2) is 0 Å². The fraction of sp³-hybridized carbons (Fsp3) is 0. The molecule has 0 spiro atoms. The molecule has 10 heavy (non-hydrogen) atoms. The molecule has 0 bridgehead atoms. The summed E-state index contributed by atoms with van der Waals surface area (Å²) in [4.78, 5) is 0. The Bertz CT molecular complexity index is 239. The Morgan fingerprint density at radius 3 is 2.70 bits per heavy atom. The number of halogens is 2. The Hall–Kier alpha value is -0.360. The van der Waals surface area contributed by atoms with Crippen molar-refractivity contribution in [2.45, 2.75) is 0 Å². The molecule has 0 saturated carbocycles. The average Bonchev–Trinajstić information content (AvgIpc) is 1.88. The Morgan fingerprint density at radius 1 is 1.50 bits per heavy atom. The molecule has 2 nitrogen and oxygen atoms in total. The predicted octanol–water partition coefficient (Wildman–Crippen LogP) is 1.72. The first-order chi connectivity index (χ1) is 4.74. The molecular weight excluding hydrogens is 246 g/mol. The maximum Gasteiger partial charge on any atom is 0.148 e. The molecule has 0 fully saturated rings. The van der Waals surface area contributed by atoms with Crippen LogP contribution in [0, 0.1) is 9.39 Å². The summed E-state index contributed by atoms with van der Waals surface area (Å²) >= 11 is 2.03. The first-order valence-electron chi connectivity index (χ1n) is 2.65. The molecule has 54 valence electrons. The van der Waals surface area contributed by atoms with Crippen molar-refractivity contribution in [3.63, 3.8) is 0 Å². The van der Waals surface area contributed by atoms with Gasteiger partial charge in [0.15, 0.2) is 0 Å². The molecular formula is C6H6FIN2. The van der Waals surface area contributed by atoms with Crippen molar-refractivity contribution in [3.05, 3.63) is 27.6 Å². The first kappa shape index (κ1) is 7.74. The molecule has 0 amide bonds. The van der Waals surface area contributed by atoms with Crippen LogP contribution in [0.15, 0.2) is 18.2 Å². The van der Waals surface area contributed by atoms with Gasteiger partial charge in [0.2, 0.25) is 0 Å². The van der Waals surface area contributed by atoms with Gasteiger partial charge < -0.3 is 5.43 Å². The number of hydrogen-bond acceptors (Lipinski definition) is 2. The van der Waals surface area contributed by atoms with Gasteiger partial charge in [-0.05, 0) is 40.8 Å². The second-order valence-corrected chi connectivity index (χ2v) is 3.01. The molecule has 0 radical (unpaired) electrons. The highest BCUT2D eigenvalue weighted by atomic mass is 127. The fourth-order valence-electron chi connectivity index (χ4n) is 0.607. The molecule has 0 aliphatic heterocycles. The van der Waals surface area contributed by atoms with E-state index < -0.39 is 0 Å². The van der Waals surface area contributed by atoms with E-state index in [9.17, 15) is 4.39 Å². The molecule has 0 aliphatic rings. The van der Waals surface area contributed by atoms with Gasteiger partial charge in [0.25, 0.3) is 0 Å². The molecule has 1 rings (SSSR count). The number of rotatable bonds is 1. The van der Waals surface area contributed by atoms with Crippen LogP contribution in [-0.2, 0) is 0 Å². The fourth-order valence-corrected chi connectivity index (χ4v) is 1.06. The largest absolute Gasteiger partial charge is 0.321 e. The molecule has 0 saturated heterocycles. The SMILES string of the molecule is NNc1ccc(I)cc1F. The van der Waals surface area contributed by atoms with Crippen molar-refractivity contribution in [2.24, 2.45) is 5.84 Å². The van der Waals surface area contributed by atoms with E-state index in [1.807, 2.05) is 22.6 Å². The van der Waals surface area contributed by atoms with Gasteiger partial charge in [-0.25, -0.2) is 4.39 Å². The summed E-state index contributed by atoms with van der Waals surface area (Å²) in [5.41, 5.74) is 2.56. The molecule has 0 heterocycles. The third-order valence-corrected chi connectivity index (χ3v) is 1.76. The summed E-state index contributed by atoms with van der Waals surface area (Å²) in [5, 5.41) is 0. The lowest BCUT2D eigenvalue weighted by Crippen LogP contribution is -2.08. The molecule has 1 aromatic carbocycles. The van der Waals surface area contributed by atoms with E-state index in [-0.39, 0.29) is 5.82 Å². The molecule has 0 aromatic heterocycles. The minimum Gasteiger partial charge on any atom is -0.321 e. The van der Waals surface area contributed by atoms with Crippen LogP contribution in [0.1, 0.15) is 0 Å². The standard InChI is InChI=1S/C6H6FIN2/c7-5-3-4(8)1-2-6(5)10-9/h1-3,10H,9H2. The van der Waals surface area contributed by atoms with Crippen LogP contribution in [0.5, 0.6) is 0 Å². The van der Waals surface area contributed by atoms with Crippen molar-refractivity contribution in [2.75, 3.05) is 5.43 Å². The Balaban J connectivity index is 3.07. The van der Waals surface area contributed by atoms with Gasteiger partial charge >= 0.3 is 0 Å². The Labute approximate surface area is 71.7 Å². The van der Waals surface area contributed by atoms with E-state index in [2.05, 4.69) is 5.43 Å². The van der Waals surface area contributed by atoms with Crippen LogP contribution in [0.4, 0.5) is 10.1 Å². The summed E-state index contributed by atoms with van der Waals surface area (Å²) in [7, 11) is 0. The third kappa shape index (κ3) is 1.57. The van der Waals surface area contributed by atoms with Gasteiger partial charge in [-0.15, -0.1) is 0 Å². The molecule has 1 aromatic rings. The van der Waals surface area contributed by atoms with E-state index in [0.29, 0.717) is 5.69 Å². The number of hydrogen-bond donors (Lipinski definition) is 2. The summed E-state index contributed by atoms with van der Waals surface area (Å²) < 4.78 is 13.6. The van der Waals surface area contributed by atoms with Crippen LogP contribution in [0.25, 0.3) is 0 Å².